The number of carboxylic acid groups (broad SMARTS) is 1. The maximum Gasteiger partial charge on any atom is 0.326 e. The number of primary amides is 1. The summed E-state index contributed by atoms with van der Waals surface area (Å²) in [6.45, 7) is 3.91. The number of carbonyl (C=O) groups excluding carboxylic acids is 2. The van der Waals surface area contributed by atoms with Crippen molar-refractivity contribution in [3.63, 3.8) is 0 Å². The zero-order valence-corrected chi connectivity index (χ0v) is 12.6. The van der Waals surface area contributed by atoms with Gasteiger partial charge in [0, 0.05) is 12.1 Å². The smallest absolute Gasteiger partial charge is 0.326 e. The fraction of sp³-hybridized carbons (Fsp3) is 0.400. The van der Waals surface area contributed by atoms with Crippen molar-refractivity contribution in [2.75, 3.05) is 0 Å². The van der Waals surface area contributed by atoms with Crippen LogP contribution < -0.4 is 16.4 Å². The van der Waals surface area contributed by atoms with Gasteiger partial charge in [-0.25, -0.2) is 9.59 Å². The Morgan fingerprint density at radius 3 is 2.27 bits per heavy atom. The lowest BCUT2D eigenvalue weighted by atomic mass is 9.99. The molecule has 0 fully saturated rings. The molecule has 7 nitrogen and oxygen atoms in total. The molecule has 1 rings (SSSR count). The summed E-state index contributed by atoms with van der Waals surface area (Å²) in [6, 6.07) is 4.94. The number of rotatable bonds is 7. The van der Waals surface area contributed by atoms with E-state index in [1.54, 1.807) is 31.2 Å². The molecule has 0 unspecified atom stereocenters. The second-order valence-corrected chi connectivity index (χ2v) is 5.09. The van der Waals surface area contributed by atoms with Crippen molar-refractivity contribution >= 4 is 17.9 Å². The first-order valence-electron chi connectivity index (χ1n) is 7.01. The average molecular weight is 307 g/mol. The van der Waals surface area contributed by atoms with Gasteiger partial charge >= 0.3 is 12.0 Å². The van der Waals surface area contributed by atoms with Crippen LogP contribution in [0.5, 0.6) is 0 Å². The number of carbonyl (C=O) groups is 3. The van der Waals surface area contributed by atoms with Crippen LogP contribution in [0, 0.1) is 5.92 Å². The molecule has 3 amide bonds. The number of hydrogen-bond donors (Lipinski definition) is 4. The minimum absolute atomic E-state index is 0.166. The van der Waals surface area contributed by atoms with Crippen molar-refractivity contribution < 1.29 is 19.5 Å². The molecule has 0 spiro atoms. The first-order valence-corrected chi connectivity index (χ1v) is 7.01. The normalized spacial score (nSPS) is 13.0. The lowest BCUT2D eigenvalue weighted by Crippen LogP contribution is -2.45. The van der Waals surface area contributed by atoms with Crippen LogP contribution in [-0.4, -0.2) is 29.1 Å². The summed E-state index contributed by atoms with van der Waals surface area (Å²) in [6.07, 6.45) is 0.648. The summed E-state index contributed by atoms with van der Waals surface area (Å²) >= 11 is 0. The zero-order chi connectivity index (χ0) is 16.7. The zero-order valence-electron chi connectivity index (χ0n) is 12.6. The largest absolute Gasteiger partial charge is 0.480 e. The molecule has 120 valence electrons. The Bertz CT molecular complexity index is 542. The van der Waals surface area contributed by atoms with Gasteiger partial charge in [-0.15, -0.1) is 0 Å². The third-order valence-corrected chi connectivity index (χ3v) is 3.45. The Morgan fingerprint density at radius 2 is 1.82 bits per heavy atom. The number of carboxylic acids is 1. The minimum atomic E-state index is -1.05. The van der Waals surface area contributed by atoms with E-state index in [2.05, 4.69) is 10.6 Å². The van der Waals surface area contributed by atoms with Crippen LogP contribution >= 0.6 is 0 Å². The Morgan fingerprint density at radius 1 is 1.23 bits per heavy atom. The van der Waals surface area contributed by atoms with Crippen LogP contribution in [0.4, 0.5) is 4.79 Å². The highest BCUT2D eigenvalue weighted by Gasteiger charge is 2.25. The third-order valence-electron chi connectivity index (χ3n) is 3.45. The quantitative estimate of drug-likeness (QED) is 0.602. The van der Waals surface area contributed by atoms with E-state index in [9.17, 15) is 14.4 Å². The Balaban J connectivity index is 2.72. The highest BCUT2D eigenvalue weighted by molar-refractivity contribution is 5.96. The summed E-state index contributed by atoms with van der Waals surface area (Å²) in [7, 11) is 0. The number of aliphatic carboxylic acids is 1. The van der Waals surface area contributed by atoms with Crippen molar-refractivity contribution in [2.24, 2.45) is 11.7 Å². The Kier molecular flexibility index (Phi) is 6.37. The van der Waals surface area contributed by atoms with Gasteiger partial charge in [0.05, 0.1) is 0 Å². The molecule has 5 N–H and O–H groups in total. The molecular weight excluding hydrogens is 286 g/mol. The molecule has 0 saturated carbocycles. The molecule has 0 saturated heterocycles. The van der Waals surface area contributed by atoms with Crippen molar-refractivity contribution in [2.45, 2.75) is 32.9 Å². The van der Waals surface area contributed by atoms with Gasteiger partial charge in [-0.3, -0.25) is 4.79 Å². The summed E-state index contributed by atoms with van der Waals surface area (Å²) in [5, 5.41) is 14.1. The number of nitrogens with one attached hydrogen (secondary N) is 2. The second kappa shape index (κ2) is 8.02. The van der Waals surface area contributed by atoms with Gasteiger partial charge in [-0.1, -0.05) is 32.4 Å². The fourth-order valence-corrected chi connectivity index (χ4v) is 1.87. The number of benzene rings is 1. The number of urea groups is 1. The van der Waals surface area contributed by atoms with Gasteiger partial charge in [-0.2, -0.15) is 0 Å². The van der Waals surface area contributed by atoms with Crippen molar-refractivity contribution in [3.05, 3.63) is 35.4 Å². The molecule has 2 atom stereocenters. The summed E-state index contributed by atoms with van der Waals surface area (Å²) in [4.78, 5) is 33.9. The first-order chi connectivity index (χ1) is 10.3. The van der Waals surface area contributed by atoms with E-state index in [-0.39, 0.29) is 12.5 Å². The minimum Gasteiger partial charge on any atom is -0.480 e. The summed E-state index contributed by atoms with van der Waals surface area (Å²) in [5.41, 5.74) is 6.12. The molecule has 7 heteroatoms. The molecule has 1 aromatic carbocycles. The van der Waals surface area contributed by atoms with E-state index in [1.807, 2.05) is 6.92 Å². The average Bonchev–Trinajstić information content (AvgIpc) is 2.49. The number of amides is 3. The Hall–Kier alpha value is -2.57. The molecule has 1 aromatic rings. The third kappa shape index (κ3) is 5.08. The van der Waals surface area contributed by atoms with Crippen molar-refractivity contribution in [3.8, 4) is 0 Å². The van der Waals surface area contributed by atoms with Crippen LogP contribution in [0.15, 0.2) is 24.3 Å². The fourth-order valence-electron chi connectivity index (χ4n) is 1.87. The molecule has 0 aliphatic carbocycles. The number of hydrogen-bond acceptors (Lipinski definition) is 3. The summed E-state index contributed by atoms with van der Waals surface area (Å²) < 4.78 is 0. The van der Waals surface area contributed by atoms with Gasteiger partial charge < -0.3 is 21.5 Å². The molecule has 0 heterocycles. The van der Waals surface area contributed by atoms with Crippen LogP contribution in [0.25, 0.3) is 0 Å². The van der Waals surface area contributed by atoms with Gasteiger partial charge in [-0.05, 0) is 23.6 Å². The van der Waals surface area contributed by atoms with E-state index in [0.717, 1.165) is 5.56 Å². The van der Waals surface area contributed by atoms with Gasteiger partial charge in [0.15, 0.2) is 0 Å². The Labute approximate surface area is 128 Å². The predicted molar refractivity (Wildman–Crippen MR) is 81.2 cm³/mol. The molecule has 0 aliphatic rings. The highest BCUT2D eigenvalue weighted by atomic mass is 16.4. The molecule has 0 bridgehead atoms. The maximum atomic E-state index is 12.1. The van der Waals surface area contributed by atoms with E-state index in [0.29, 0.717) is 12.0 Å². The monoisotopic (exact) mass is 307 g/mol. The van der Waals surface area contributed by atoms with Crippen LogP contribution in [-0.2, 0) is 11.3 Å². The lowest BCUT2D eigenvalue weighted by Gasteiger charge is -2.20. The van der Waals surface area contributed by atoms with Crippen LogP contribution in [0.1, 0.15) is 36.2 Å². The number of nitrogens with two attached hydrogens (primary N) is 1. The predicted octanol–water partition coefficient (Wildman–Crippen LogP) is 1.08. The van der Waals surface area contributed by atoms with E-state index in [4.69, 9.17) is 10.8 Å². The highest BCUT2D eigenvalue weighted by Crippen LogP contribution is 2.10. The van der Waals surface area contributed by atoms with E-state index >= 15 is 0 Å². The molecule has 0 radical (unpaired) electrons. The van der Waals surface area contributed by atoms with Crippen molar-refractivity contribution in [1.82, 2.24) is 10.6 Å². The van der Waals surface area contributed by atoms with E-state index < -0.39 is 23.9 Å². The molecule has 0 aromatic heterocycles. The van der Waals surface area contributed by atoms with Crippen molar-refractivity contribution in [1.29, 1.82) is 0 Å². The van der Waals surface area contributed by atoms with Crippen LogP contribution in [0.3, 0.4) is 0 Å². The van der Waals surface area contributed by atoms with Gasteiger partial charge in [0.1, 0.15) is 6.04 Å². The molecule has 0 aliphatic heterocycles. The van der Waals surface area contributed by atoms with Crippen LogP contribution in [0.2, 0.25) is 0 Å². The molecular formula is C15H21N3O4. The first kappa shape index (κ1) is 17.5. The SMILES string of the molecule is CC[C@H](C)[C@H](NC(=O)c1ccc(CNC(N)=O)cc1)C(=O)O. The molecule has 22 heavy (non-hydrogen) atoms. The maximum absolute atomic E-state index is 12.1. The lowest BCUT2D eigenvalue weighted by molar-refractivity contribution is -0.140. The van der Waals surface area contributed by atoms with Gasteiger partial charge in [0.2, 0.25) is 0 Å². The second-order valence-electron chi connectivity index (χ2n) is 5.09. The topological polar surface area (TPSA) is 122 Å². The standard InChI is InChI=1S/C15H21N3O4/c1-3-9(2)12(14(20)21)18-13(19)11-6-4-10(5-7-11)8-17-15(16)22/h4-7,9,12H,3,8H2,1-2H3,(H,18,19)(H,20,21)(H3,16,17,22)/t9-,12-/m0/s1. The van der Waals surface area contributed by atoms with E-state index in [1.165, 1.54) is 0 Å². The summed E-state index contributed by atoms with van der Waals surface area (Å²) in [5.74, 6) is -1.66. The van der Waals surface area contributed by atoms with Gasteiger partial charge in [0.25, 0.3) is 5.91 Å².